The minimum Gasteiger partial charge on any atom is -0.481 e. The van der Waals surface area contributed by atoms with E-state index in [0.29, 0.717) is 32.6 Å². The Morgan fingerprint density at radius 3 is 2.50 bits per heavy atom. The number of hydrogen-bond acceptors (Lipinski definition) is 3. The van der Waals surface area contributed by atoms with E-state index in [0.717, 1.165) is 6.42 Å². The minimum absolute atomic E-state index is 0.00138. The molecule has 0 aromatic rings. The molecule has 0 rings (SSSR count). The standard InChI is InChI=1S/C11H21NO4/c1-3-8-16-9-6-10(13)12(2)7-4-5-11(14)15/h3-9H2,1-2H3,(H,14,15). The lowest BCUT2D eigenvalue weighted by Crippen LogP contribution is -2.28. The van der Waals surface area contributed by atoms with Crippen molar-refractivity contribution in [2.24, 2.45) is 0 Å². The highest BCUT2D eigenvalue weighted by molar-refractivity contribution is 5.76. The fourth-order valence-corrected chi connectivity index (χ4v) is 1.19. The fraction of sp³-hybridized carbons (Fsp3) is 0.818. The molecule has 5 nitrogen and oxygen atoms in total. The Hall–Kier alpha value is -1.10. The second-order valence-electron chi connectivity index (χ2n) is 3.67. The van der Waals surface area contributed by atoms with Crippen molar-refractivity contribution in [2.75, 3.05) is 26.8 Å². The largest absolute Gasteiger partial charge is 0.481 e. The zero-order valence-electron chi connectivity index (χ0n) is 10.1. The van der Waals surface area contributed by atoms with Crippen molar-refractivity contribution >= 4 is 11.9 Å². The third kappa shape index (κ3) is 8.23. The van der Waals surface area contributed by atoms with Gasteiger partial charge in [0.1, 0.15) is 0 Å². The van der Waals surface area contributed by atoms with Gasteiger partial charge in [-0.2, -0.15) is 0 Å². The first kappa shape index (κ1) is 14.9. The highest BCUT2D eigenvalue weighted by atomic mass is 16.5. The van der Waals surface area contributed by atoms with Crippen LogP contribution in [0.15, 0.2) is 0 Å². The van der Waals surface area contributed by atoms with Crippen LogP contribution >= 0.6 is 0 Å². The van der Waals surface area contributed by atoms with E-state index in [4.69, 9.17) is 9.84 Å². The summed E-state index contributed by atoms with van der Waals surface area (Å²) in [6, 6.07) is 0. The molecule has 0 radical (unpaired) electrons. The predicted octanol–water partition coefficient (Wildman–Crippen LogP) is 1.13. The summed E-state index contributed by atoms with van der Waals surface area (Å²) in [6.07, 6.45) is 1.91. The van der Waals surface area contributed by atoms with Crippen LogP contribution in [0.1, 0.15) is 32.6 Å². The molecule has 0 aliphatic heterocycles. The maximum Gasteiger partial charge on any atom is 0.303 e. The van der Waals surface area contributed by atoms with Crippen LogP contribution in [0.25, 0.3) is 0 Å². The molecule has 5 heteroatoms. The molecule has 16 heavy (non-hydrogen) atoms. The molecular weight excluding hydrogens is 210 g/mol. The van der Waals surface area contributed by atoms with E-state index >= 15 is 0 Å². The Morgan fingerprint density at radius 1 is 1.25 bits per heavy atom. The summed E-state index contributed by atoms with van der Waals surface area (Å²) in [5, 5.41) is 8.44. The topological polar surface area (TPSA) is 66.8 Å². The first-order valence-electron chi connectivity index (χ1n) is 5.61. The number of aliphatic carboxylic acids is 1. The van der Waals surface area contributed by atoms with Crippen LogP contribution in [0, 0.1) is 0 Å². The van der Waals surface area contributed by atoms with Gasteiger partial charge in [-0.25, -0.2) is 0 Å². The Bertz CT molecular complexity index is 218. The third-order valence-corrected chi connectivity index (χ3v) is 2.12. The van der Waals surface area contributed by atoms with Crippen LogP contribution in [-0.2, 0) is 14.3 Å². The molecule has 0 atom stereocenters. The normalized spacial score (nSPS) is 10.1. The van der Waals surface area contributed by atoms with Gasteiger partial charge in [0.25, 0.3) is 0 Å². The molecule has 0 aliphatic carbocycles. The summed E-state index contributed by atoms with van der Waals surface area (Å²) in [5.41, 5.74) is 0. The summed E-state index contributed by atoms with van der Waals surface area (Å²) in [7, 11) is 1.68. The molecule has 1 amide bonds. The number of carbonyl (C=O) groups excluding carboxylic acids is 1. The number of rotatable bonds is 9. The first-order valence-corrected chi connectivity index (χ1v) is 5.61. The molecule has 0 fully saturated rings. The number of carbonyl (C=O) groups is 2. The molecule has 0 bridgehead atoms. The Labute approximate surface area is 96.4 Å². The second-order valence-corrected chi connectivity index (χ2v) is 3.67. The van der Waals surface area contributed by atoms with Crippen molar-refractivity contribution in [2.45, 2.75) is 32.6 Å². The smallest absolute Gasteiger partial charge is 0.303 e. The Morgan fingerprint density at radius 2 is 1.94 bits per heavy atom. The van der Waals surface area contributed by atoms with Gasteiger partial charge >= 0.3 is 5.97 Å². The number of ether oxygens (including phenoxy) is 1. The van der Waals surface area contributed by atoms with E-state index in [1.165, 1.54) is 0 Å². The molecule has 0 heterocycles. The summed E-state index contributed by atoms with van der Waals surface area (Å²) in [6.45, 7) is 3.62. The van der Waals surface area contributed by atoms with Crippen molar-refractivity contribution < 1.29 is 19.4 Å². The number of carboxylic acids is 1. The van der Waals surface area contributed by atoms with E-state index in [2.05, 4.69) is 0 Å². The monoisotopic (exact) mass is 231 g/mol. The molecule has 0 unspecified atom stereocenters. The summed E-state index contributed by atoms with van der Waals surface area (Å²) < 4.78 is 5.20. The van der Waals surface area contributed by atoms with E-state index in [1.54, 1.807) is 11.9 Å². The molecule has 0 spiro atoms. The van der Waals surface area contributed by atoms with E-state index < -0.39 is 5.97 Å². The van der Waals surface area contributed by atoms with Gasteiger partial charge < -0.3 is 14.7 Å². The van der Waals surface area contributed by atoms with Crippen LogP contribution in [0.4, 0.5) is 0 Å². The molecule has 94 valence electrons. The zero-order chi connectivity index (χ0) is 12.4. The summed E-state index contributed by atoms with van der Waals surface area (Å²) in [5.74, 6) is -0.825. The van der Waals surface area contributed by atoms with Gasteiger partial charge in [0.2, 0.25) is 5.91 Å². The lowest BCUT2D eigenvalue weighted by Gasteiger charge is -2.16. The van der Waals surface area contributed by atoms with Gasteiger partial charge in [0, 0.05) is 26.6 Å². The second kappa shape index (κ2) is 9.15. The molecule has 0 saturated carbocycles. The lowest BCUT2D eigenvalue weighted by molar-refractivity contribution is -0.138. The average Bonchev–Trinajstić information content (AvgIpc) is 2.23. The van der Waals surface area contributed by atoms with E-state index in [1.807, 2.05) is 6.92 Å². The van der Waals surface area contributed by atoms with Crippen molar-refractivity contribution in [3.63, 3.8) is 0 Å². The molecule has 0 aromatic heterocycles. The SMILES string of the molecule is CCCOCCC(=O)N(C)CCCC(=O)O. The predicted molar refractivity (Wildman–Crippen MR) is 60.2 cm³/mol. The molecule has 0 saturated heterocycles. The van der Waals surface area contributed by atoms with E-state index in [-0.39, 0.29) is 12.3 Å². The number of hydrogen-bond donors (Lipinski definition) is 1. The van der Waals surface area contributed by atoms with Crippen molar-refractivity contribution in [1.82, 2.24) is 4.90 Å². The third-order valence-electron chi connectivity index (χ3n) is 2.12. The molecule has 0 aliphatic rings. The van der Waals surface area contributed by atoms with Gasteiger partial charge in [0.05, 0.1) is 13.0 Å². The van der Waals surface area contributed by atoms with Crippen LogP contribution in [0.3, 0.4) is 0 Å². The molecular formula is C11H21NO4. The fourth-order valence-electron chi connectivity index (χ4n) is 1.19. The van der Waals surface area contributed by atoms with Crippen molar-refractivity contribution in [1.29, 1.82) is 0 Å². The zero-order valence-corrected chi connectivity index (χ0v) is 10.1. The lowest BCUT2D eigenvalue weighted by atomic mass is 10.3. The summed E-state index contributed by atoms with van der Waals surface area (Å²) >= 11 is 0. The molecule has 0 aromatic carbocycles. The average molecular weight is 231 g/mol. The molecule has 1 N–H and O–H groups in total. The van der Waals surface area contributed by atoms with Gasteiger partial charge in [-0.05, 0) is 12.8 Å². The van der Waals surface area contributed by atoms with Crippen LogP contribution < -0.4 is 0 Å². The highest BCUT2D eigenvalue weighted by Gasteiger charge is 2.08. The van der Waals surface area contributed by atoms with Crippen LogP contribution in [0.5, 0.6) is 0 Å². The Kier molecular flexibility index (Phi) is 8.52. The van der Waals surface area contributed by atoms with Gasteiger partial charge in [-0.15, -0.1) is 0 Å². The number of nitrogens with zero attached hydrogens (tertiary/aromatic N) is 1. The quantitative estimate of drug-likeness (QED) is 0.604. The first-order chi connectivity index (χ1) is 7.57. The summed E-state index contributed by atoms with van der Waals surface area (Å²) in [4.78, 5) is 23.3. The van der Waals surface area contributed by atoms with Gasteiger partial charge in [-0.3, -0.25) is 9.59 Å². The van der Waals surface area contributed by atoms with Crippen molar-refractivity contribution in [3.05, 3.63) is 0 Å². The number of amides is 1. The number of carboxylic acid groups (broad SMARTS) is 1. The van der Waals surface area contributed by atoms with Crippen LogP contribution in [0.2, 0.25) is 0 Å². The Balaban J connectivity index is 3.53. The van der Waals surface area contributed by atoms with Gasteiger partial charge in [-0.1, -0.05) is 6.92 Å². The van der Waals surface area contributed by atoms with Crippen molar-refractivity contribution in [3.8, 4) is 0 Å². The maximum atomic E-state index is 11.5. The van der Waals surface area contributed by atoms with Crippen LogP contribution in [-0.4, -0.2) is 48.7 Å². The minimum atomic E-state index is -0.827. The maximum absolute atomic E-state index is 11.5. The van der Waals surface area contributed by atoms with Gasteiger partial charge in [0.15, 0.2) is 0 Å². The highest BCUT2D eigenvalue weighted by Crippen LogP contribution is 1.97. The van der Waals surface area contributed by atoms with E-state index in [9.17, 15) is 9.59 Å².